The minimum absolute atomic E-state index is 0.00710. The van der Waals surface area contributed by atoms with E-state index in [1.165, 1.54) is 0 Å². The zero-order chi connectivity index (χ0) is 13.2. The van der Waals surface area contributed by atoms with Crippen molar-refractivity contribution >= 4 is 23.2 Å². The summed E-state index contributed by atoms with van der Waals surface area (Å²) >= 11 is 5.58. The number of carbonyl (C=O) groups excluding carboxylic acids is 1. The molecule has 1 N–H and O–H groups in total. The standard InChI is InChI=1S/C14H20ClNO2/c1-2-11-18-13-8-4-3-7-12(13)16-14(17)9-5-6-10-15/h3-4,7-8H,2,5-6,9-11H2,1H3,(H,16,17). The Balaban J connectivity index is 2.51. The minimum Gasteiger partial charge on any atom is -0.491 e. The van der Waals surface area contributed by atoms with Crippen molar-refractivity contribution in [3.05, 3.63) is 24.3 Å². The predicted octanol–water partition coefficient (Wildman–Crippen LogP) is 3.82. The molecule has 1 aromatic rings. The lowest BCUT2D eigenvalue weighted by Gasteiger charge is -2.11. The quantitative estimate of drug-likeness (QED) is 0.575. The van der Waals surface area contributed by atoms with Crippen molar-refractivity contribution in [2.24, 2.45) is 0 Å². The van der Waals surface area contributed by atoms with Crippen LogP contribution in [0.3, 0.4) is 0 Å². The van der Waals surface area contributed by atoms with E-state index in [9.17, 15) is 4.79 Å². The van der Waals surface area contributed by atoms with Gasteiger partial charge < -0.3 is 10.1 Å². The molecule has 0 saturated heterocycles. The number of ether oxygens (including phenoxy) is 1. The summed E-state index contributed by atoms with van der Waals surface area (Å²) in [7, 11) is 0. The molecule has 100 valence electrons. The van der Waals surface area contributed by atoms with Crippen molar-refractivity contribution in [3.8, 4) is 5.75 Å². The van der Waals surface area contributed by atoms with Gasteiger partial charge in [-0.3, -0.25) is 4.79 Å². The highest BCUT2D eigenvalue weighted by Crippen LogP contribution is 2.24. The largest absolute Gasteiger partial charge is 0.491 e. The highest BCUT2D eigenvalue weighted by atomic mass is 35.5. The molecule has 0 radical (unpaired) electrons. The number of hydrogen-bond donors (Lipinski definition) is 1. The first-order valence-electron chi connectivity index (χ1n) is 6.35. The second-order valence-corrected chi connectivity index (χ2v) is 4.42. The van der Waals surface area contributed by atoms with Crippen LogP contribution >= 0.6 is 11.6 Å². The number of nitrogens with one attached hydrogen (secondary N) is 1. The van der Waals surface area contributed by atoms with E-state index in [1.54, 1.807) is 0 Å². The Kier molecular flexibility index (Phi) is 7.26. The number of para-hydroxylation sites is 2. The Morgan fingerprint density at radius 3 is 2.83 bits per heavy atom. The summed E-state index contributed by atoms with van der Waals surface area (Å²) in [5.41, 5.74) is 0.738. The minimum atomic E-state index is 0.00710. The molecule has 1 aromatic carbocycles. The number of halogens is 1. The topological polar surface area (TPSA) is 38.3 Å². The van der Waals surface area contributed by atoms with Gasteiger partial charge in [0.05, 0.1) is 12.3 Å². The maximum Gasteiger partial charge on any atom is 0.224 e. The van der Waals surface area contributed by atoms with Crippen LogP contribution in [0.5, 0.6) is 5.75 Å². The lowest BCUT2D eigenvalue weighted by atomic mass is 10.2. The zero-order valence-corrected chi connectivity index (χ0v) is 11.5. The molecule has 0 aliphatic carbocycles. The summed E-state index contributed by atoms with van der Waals surface area (Å²) in [6, 6.07) is 7.50. The summed E-state index contributed by atoms with van der Waals surface area (Å²) in [6.45, 7) is 2.70. The average Bonchev–Trinajstić information content (AvgIpc) is 2.38. The van der Waals surface area contributed by atoms with Crippen molar-refractivity contribution in [2.45, 2.75) is 32.6 Å². The lowest BCUT2D eigenvalue weighted by Crippen LogP contribution is -2.12. The smallest absolute Gasteiger partial charge is 0.224 e. The van der Waals surface area contributed by atoms with Crippen LogP contribution in [0, 0.1) is 0 Å². The number of rotatable bonds is 8. The van der Waals surface area contributed by atoms with Gasteiger partial charge in [0.2, 0.25) is 5.91 Å². The van der Waals surface area contributed by atoms with Gasteiger partial charge in [-0.05, 0) is 31.4 Å². The maximum absolute atomic E-state index is 11.7. The fourth-order valence-electron chi connectivity index (χ4n) is 1.50. The third-order valence-electron chi connectivity index (χ3n) is 2.41. The highest BCUT2D eigenvalue weighted by Gasteiger charge is 2.06. The molecular weight excluding hydrogens is 250 g/mol. The third-order valence-corrected chi connectivity index (χ3v) is 2.68. The fourth-order valence-corrected chi connectivity index (χ4v) is 1.69. The first-order valence-corrected chi connectivity index (χ1v) is 6.89. The molecule has 1 rings (SSSR count). The molecule has 0 spiro atoms. The average molecular weight is 270 g/mol. The van der Waals surface area contributed by atoms with E-state index in [-0.39, 0.29) is 5.91 Å². The molecule has 0 atom stereocenters. The van der Waals surface area contributed by atoms with Gasteiger partial charge in [-0.2, -0.15) is 0 Å². The summed E-state index contributed by atoms with van der Waals surface area (Å²) in [5, 5.41) is 2.87. The third kappa shape index (κ3) is 5.41. The Hall–Kier alpha value is -1.22. The van der Waals surface area contributed by atoms with Crippen LogP contribution in [0.1, 0.15) is 32.6 Å². The molecule has 1 amide bonds. The van der Waals surface area contributed by atoms with Crippen LogP contribution in [0.4, 0.5) is 5.69 Å². The summed E-state index contributed by atoms with van der Waals surface area (Å²) in [5.74, 6) is 1.33. The van der Waals surface area contributed by atoms with Gasteiger partial charge in [-0.15, -0.1) is 11.6 Å². The molecule has 0 heterocycles. The number of amides is 1. The van der Waals surface area contributed by atoms with Gasteiger partial charge in [0.1, 0.15) is 5.75 Å². The number of hydrogen-bond acceptors (Lipinski definition) is 2. The Morgan fingerprint density at radius 1 is 1.33 bits per heavy atom. The molecule has 4 heteroatoms. The van der Waals surface area contributed by atoms with Gasteiger partial charge in [0.15, 0.2) is 0 Å². The SMILES string of the molecule is CCCOc1ccccc1NC(=O)CCCCCl. The van der Waals surface area contributed by atoms with Gasteiger partial charge in [-0.1, -0.05) is 19.1 Å². The van der Waals surface area contributed by atoms with Crippen molar-refractivity contribution < 1.29 is 9.53 Å². The number of carbonyl (C=O) groups is 1. The zero-order valence-electron chi connectivity index (χ0n) is 10.7. The Bertz CT molecular complexity index is 369. The predicted molar refractivity (Wildman–Crippen MR) is 75.4 cm³/mol. The van der Waals surface area contributed by atoms with Gasteiger partial charge in [0.25, 0.3) is 0 Å². The number of unbranched alkanes of at least 4 members (excludes halogenated alkanes) is 1. The molecule has 0 bridgehead atoms. The highest BCUT2D eigenvalue weighted by molar-refractivity contribution is 6.17. The van der Waals surface area contributed by atoms with Crippen LogP contribution in [0.25, 0.3) is 0 Å². The molecule has 3 nitrogen and oxygen atoms in total. The van der Waals surface area contributed by atoms with Crippen LogP contribution in [-0.4, -0.2) is 18.4 Å². The monoisotopic (exact) mass is 269 g/mol. The van der Waals surface area contributed by atoms with E-state index >= 15 is 0 Å². The first kappa shape index (κ1) is 14.8. The second kappa shape index (κ2) is 8.81. The number of alkyl halides is 1. The number of benzene rings is 1. The van der Waals surface area contributed by atoms with Crippen molar-refractivity contribution in [1.82, 2.24) is 0 Å². The van der Waals surface area contributed by atoms with E-state index < -0.39 is 0 Å². The van der Waals surface area contributed by atoms with Crippen molar-refractivity contribution in [1.29, 1.82) is 0 Å². The molecular formula is C14H20ClNO2. The molecule has 0 aliphatic heterocycles. The van der Waals surface area contributed by atoms with Gasteiger partial charge in [0, 0.05) is 12.3 Å². The van der Waals surface area contributed by atoms with Gasteiger partial charge in [-0.25, -0.2) is 0 Å². The molecule has 18 heavy (non-hydrogen) atoms. The molecule has 0 aromatic heterocycles. The van der Waals surface area contributed by atoms with Gasteiger partial charge >= 0.3 is 0 Å². The van der Waals surface area contributed by atoms with E-state index in [0.29, 0.717) is 18.9 Å². The molecule has 0 unspecified atom stereocenters. The molecule has 0 fully saturated rings. The van der Waals surface area contributed by atoms with E-state index in [1.807, 2.05) is 31.2 Å². The van der Waals surface area contributed by atoms with Crippen molar-refractivity contribution in [3.63, 3.8) is 0 Å². The normalized spacial score (nSPS) is 10.1. The van der Waals surface area contributed by atoms with Crippen LogP contribution in [0.2, 0.25) is 0 Å². The second-order valence-electron chi connectivity index (χ2n) is 4.04. The van der Waals surface area contributed by atoms with E-state index in [4.69, 9.17) is 16.3 Å². The molecule has 0 aliphatic rings. The van der Waals surface area contributed by atoms with Crippen LogP contribution in [-0.2, 0) is 4.79 Å². The first-order chi connectivity index (χ1) is 8.77. The Labute approximate surface area is 113 Å². The summed E-state index contributed by atoms with van der Waals surface area (Å²) in [6.07, 6.45) is 3.11. The van der Waals surface area contributed by atoms with Crippen LogP contribution in [0.15, 0.2) is 24.3 Å². The number of anilines is 1. The summed E-state index contributed by atoms with van der Waals surface area (Å²) < 4.78 is 5.58. The van der Waals surface area contributed by atoms with Crippen molar-refractivity contribution in [2.75, 3.05) is 17.8 Å². The summed E-state index contributed by atoms with van der Waals surface area (Å²) in [4.78, 5) is 11.7. The van der Waals surface area contributed by atoms with E-state index in [2.05, 4.69) is 5.32 Å². The van der Waals surface area contributed by atoms with E-state index in [0.717, 1.165) is 30.7 Å². The fraction of sp³-hybridized carbons (Fsp3) is 0.500. The Morgan fingerprint density at radius 2 is 2.11 bits per heavy atom. The maximum atomic E-state index is 11.7. The van der Waals surface area contributed by atoms with Crippen LogP contribution < -0.4 is 10.1 Å². The lowest BCUT2D eigenvalue weighted by molar-refractivity contribution is -0.116. The molecule has 0 saturated carbocycles.